The lowest BCUT2D eigenvalue weighted by atomic mass is 9.92. The average Bonchev–Trinajstić information content (AvgIpc) is 2.51. The van der Waals surface area contributed by atoms with Gasteiger partial charge < -0.3 is 5.73 Å². The van der Waals surface area contributed by atoms with Crippen molar-refractivity contribution in [3.63, 3.8) is 0 Å². The van der Waals surface area contributed by atoms with E-state index in [1.54, 1.807) is 0 Å². The van der Waals surface area contributed by atoms with Crippen molar-refractivity contribution in [3.05, 3.63) is 11.8 Å². The highest BCUT2D eigenvalue weighted by atomic mass is 32.2. The molecule has 1 aromatic heterocycles. The number of aliphatic imine (C=N–C) groups is 1. The summed E-state index contributed by atoms with van der Waals surface area (Å²) in [5, 5.41) is 7.54. The molecule has 0 aliphatic rings. The number of nitrogens with zero attached hydrogens (tertiary/aromatic N) is 2. The van der Waals surface area contributed by atoms with Crippen molar-refractivity contribution in [3.8, 4) is 0 Å². The number of thioether (sulfide) groups is 1. The molecule has 14 heavy (non-hydrogen) atoms. The number of hydrogen-bond donors (Lipinski definition) is 2. The van der Waals surface area contributed by atoms with E-state index < -0.39 is 0 Å². The summed E-state index contributed by atoms with van der Waals surface area (Å²) >= 11 is 1.41. The first-order chi connectivity index (χ1) is 6.43. The molecule has 0 amide bonds. The lowest BCUT2D eigenvalue weighted by Gasteiger charge is -2.14. The molecular formula is C9H16N4S. The van der Waals surface area contributed by atoms with Crippen LogP contribution >= 0.6 is 11.8 Å². The Balaban J connectivity index is 2.89. The summed E-state index contributed by atoms with van der Waals surface area (Å²) in [5.41, 5.74) is 6.71. The van der Waals surface area contributed by atoms with Crippen LogP contribution in [-0.2, 0) is 5.41 Å². The van der Waals surface area contributed by atoms with Crippen molar-refractivity contribution in [1.29, 1.82) is 0 Å². The van der Waals surface area contributed by atoms with Gasteiger partial charge in [-0.15, -0.1) is 0 Å². The Morgan fingerprint density at radius 3 is 2.64 bits per heavy atom. The molecule has 4 nitrogen and oxygen atoms in total. The lowest BCUT2D eigenvalue weighted by Crippen LogP contribution is -2.11. The van der Waals surface area contributed by atoms with Crippen LogP contribution in [0.3, 0.4) is 0 Å². The van der Waals surface area contributed by atoms with Crippen molar-refractivity contribution in [2.24, 2.45) is 10.7 Å². The minimum atomic E-state index is 0.0644. The first kappa shape index (κ1) is 11.1. The number of nitrogens with one attached hydrogen (secondary N) is 1. The molecule has 1 aromatic rings. The van der Waals surface area contributed by atoms with Crippen molar-refractivity contribution >= 4 is 22.7 Å². The Kier molecular flexibility index (Phi) is 3.21. The van der Waals surface area contributed by atoms with E-state index in [4.69, 9.17) is 5.73 Å². The van der Waals surface area contributed by atoms with Gasteiger partial charge >= 0.3 is 0 Å². The van der Waals surface area contributed by atoms with Gasteiger partial charge in [0.1, 0.15) is 0 Å². The van der Waals surface area contributed by atoms with Crippen LogP contribution in [0.5, 0.6) is 0 Å². The van der Waals surface area contributed by atoms with Gasteiger partial charge in [-0.3, -0.25) is 5.10 Å². The van der Waals surface area contributed by atoms with E-state index in [0.717, 1.165) is 5.69 Å². The molecule has 0 bridgehead atoms. The molecule has 0 aliphatic carbocycles. The van der Waals surface area contributed by atoms with Gasteiger partial charge in [0.05, 0.1) is 0 Å². The second-order valence-electron chi connectivity index (χ2n) is 4.04. The average molecular weight is 212 g/mol. The quantitative estimate of drug-likeness (QED) is 0.553. The normalized spacial score (nSPS) is 13.3. The van der Waals surface area contributed by atoms with E-state index in [1.165, 1.54) is 11.8 Å². The second kappa shape index (κ2) is 4.04. The van der Waals surface area contributed by atoms with Crippen LogP contribution in [0.25, 0.3) is 0 Å². The summed E-state index contributed by atoms with van der Waals surface area (Å²) in [5.74, 6) is 0.641. The first-order valence-electron chi connectivity index (χ1n) is 4.37. The summed E-state index contributed by atoms with van der Waals surface area (Å²) in [6.45, 7) is 6.35. The minimum Gasteiger partial charge on any atom is -0.378 e. The van der Waals surface area contributed by atoms with Crippen LogP contribution in [0, 0.1) is 0 Å². The maximum absolute atomic E-state index is 5.58. The van der Waals surface area contributed by atoms with E-state index in [-0.39, 0.29) is 5.41 Å². The molecule has 1 rings (SSSR count). The molecule has 0 radical (unpaired) electrons. The third-order valence-corrected chi connectivity index (χ3v) is 2.32. The van der Waals surface area contributed by atoms with E-state index >= 15 is 0 Å². The van der Waals surface area contributed by atoms with E-state index in [1.807, 2.05) is 12.3 Å². The Bertz CT molecular complexity index is 335. The number of rotatable bonds is 1. The van der Waals surface area contributed by atoms with Crippen LogP contribution < -0.4 is 5.73 Å². The molecule has 0 unspecified atom stereocenters. The summed E-state index contributed by atoms with van der Waals surface area (Å²) in [4.78, 5) is 4.13. The summed E-state index contributed by atoms with van der Waals surface area (Å²) in [6, 6.07) is 1.92. The molecule has 0 aliphatic heterocycles. The zero-order valence-electron chi connectivity index (χ0n) is 8.96. The zero-order valence-corrected chi connectivity index (χ0v) is 9.77. The summed E-state index contributed by atoms with van der Waals surface area (Å²) in [6.07, 6.45) is 1.89. The van der Waals surface area contributed by atoms with Gasteiger partial charge in [0, 0.05) is 17.2 Å². The maximum atomic E-state index is 5.58. The van der Waals surface area contributed by atoms with Gasteiger partial charge in [0.2, 0.25) is 0 Å². The number of aromatic nitrogens is 2. The molecule has 78 valence electrons. The molecule has 3 N–H and O–H groups in total. The molecular weight excluding hydrogens is 196 g/mol. The smallest absolute Gasteiger partial charge is 0.176 e. The molecule has 0 saturated carbocycles. The fourth-order valence-corrected chi connectivity index (χ4v) is 1.10. The standard InChI is InChI=1S/C9H16N4S/c1-9(2,3)6-5-7(13-12-6)11-8(10)14-4/h5H,1-4H3,(H3,10,11,12,13). The van der Waals surface area contributed by atoms with Gasteiger partial charge in [-0.05, 0) is 6.26 Å². The van der Waals surface area contributed by atoms with Crippen LogP contribution in [0.2, 0.25) is 0 Å². The molecule has 5 heteroatoms. The topological polar surface area (TPSA) is 67.1 Å². The van der Waals surface area contributed by atoms with Crippen LogP contribution in [0.4, 0.5) is 5.82 Å². The molecule has 0 spiro atoms. The SMILES string of the molecule is CSC(N)=Nc1cc(C(C)(C)C)[nH]n1. The second-order valence-corrected chi connectivity index (χ2v) is 4.87. The summed E-state index contributed by atoms with van der Waals surface area (Å²) in [7, 11) is 0. The highest BCUT2D eigenvalue weighted by Crippen LogP contribution is 2.23. The maximum Gasteiger partial charge on any atom is 0.176 e. The predicted molar refractivity (Wildman–Crippen MR) is 62.1 cm³/mol. The van der Waals surface area contributed by atoms with Crippen LogP contribution in [-0.4, -0.2) is 21.6 Å². The minimum absolute atomic E-state index is 0.0644. The van der Waals surface area contributed by atoms with Gasteiger partial charge in [-0.1, -0.05) is 32.5 Å². The zero-order chi connectivity index (χ0) is 10.8. The Morgan fingerprint density at radius 1 is 1.57 bits per heavy atom. The van der Waals surface area contributed by atoms with Crippen molar-refractivity contribution in [2.45, 2.75) is 26.2 Å². The first-order valence-corrected chi connectivity index (χ1v) is 5.60. The van der Waals surface area contributed by atoms with Crippen LogP contribution in [0.1, 0.15) is 26.5 Å². The molecule has 1 heterocycles. The number of aromatic amines is 1. The Morgan fingerprint density at radius 2 is 2.21 bits per heavy atom. The highest BCUT2D eigenvalue weighted by molar-refractivity contribution is 8.13. The van der Waals surface area contributed by atoms with E-state index in [9.17, 15) is 0 Å². The third-order valence-electron chi connectivity index (χ3n) is 1.81. The van der Waals surface area contributed by atoms with Crippen molar-refractivity contribution in [2.75, 3.05) is 6.26 Å². The molecule has 0 fully saturated rings. The molecule has 0 aromatic carbocycles. The number of nitrogens with two attached hydrogens (primary N) is 1. The van der Waals surface area contributed by atoms with Gasteiger partial charge in [0.15, 0.2) is 11.0 Å². The van der Waals surface area contributed by atoms with E-state index in [0.29, 0.717) is 11.0 Å². The Labute approximate surface area is 88.4 Å². The predicted octanol–water partition coefficient (Wildman–Crippen LogP) is 2.02. The van der Waals surface area contributed by atoms with Gasteiger partial charge in [-0.25, -0.2) is 4.99 Å². The van der Waals surface area contributed by atoms with Crippen LogP contribution in [0.15, 0.2) is 11.1 Å². The van der Waals surface area contributed by atoms with Gasteiger partial charge in [-0.2, -0.15) is 5.10 Å². The molecule has 0 saturated heterocycles. The largest absolute Gasteiger partial charge is 0.378 e. The molecule has 0 atom stereocenters. The fraction of sp³-hybridized carbons (Fsp3) is 0.556. The Hall–Kier alpha value is -0.970. The fourth-order valence-electron chi connectivity index (χ4n) is 0.911. The number of H-pyrrole nitrogens is 1. The van der Waals surface area contributed by atoms with Crippen molar-refractivity contribution < 1.29 is 0 Å². The number of amidine groups is 1. The monoisotopic (exact) mass is 212 g/mol. The van der Waals surface area contributed by atoms with Crippen molar-refractivity contribution in [1.82, 2.24) is 10.2 Å². The van der Waals surface area contributed by atoms with Gasteiger partial charge in [0.25, 0.3) is 0 Å². The number of hydrogen-bond acceptors (Lipinski definition) is 3. The highest BCUT2D eigenvalue weighted by Gasteiger charge is 2.16. The van der Waals surface area contributed by atoms with E-state index in [2.05, 4.69) is 36.0 Å². The lowest BCUT2D eigenvalue weighted by molar-refractivity contribution is 0.567. The third kappa shape index (κ3) is 2.77. The summed E-state index contributed by atoms with van der Waals surface area (Å²) < 4.78 is 0.